The first kappa shape index (κ1) is 25.4. The molecule has 5 N–H and O–H groups in total. The van der Waals surface area contributed by atoms with E-state index in [0.29, 0.717) is 17.2 Å². The fourth-order valence-corrected chi connectivity index (χ4v) is 5.33. The van der Waals surface area contributed by atoms with Crippen LogP contribution in [0.3, 0.4) is 0 Å². The minimum atomic E-state index is -1.10. The normalized spacial score (nSPS) is 14.9. The zero-order valence-electron chi connectivity index (χ0n) is 20.7. The minimum Gasteiger partial charge on any atom is -0.464 e. The number of nitrogens with one attached hydrogen (secondary N) is 1. The van der Waals surface area contributed by atoms with Crippen molar-refractivity contribution in [2.75, 3.05) is 10.6 Å². The fourth-order valence-electron chi connectivity index (χ4n) is 4.58. The largest absolute Gasteiger partial charge is 0.464 e. The van der Waals surface area contributed by atoms with Crippen molar-refractivity contribution in [2.45, 2.75) is 65.0 Å². The maximum Gasteiger partial charge on any atom is 0.273 e. The number of carbonyl (C=O) groups is 3. The van der Waals surface area contributed by atoms with Crippen molar-refractivity contribution in [2.24, 2.45) is 5.73 Å². The van der Waals surface area contributed by atoms with Crippen LogP contribution in [0.4, 0.5) is 11.4 Å². The van der Waals surface area contributed by atoms with Crippen molar-refractivity contribution in [1.29, 1.82) is 0 Å². The van der Waals surface area contributed by atoms with Gasteiger partial charge < -0.3 is 21.2 Å². The van der Waals surface area contributed by atoms with E-state index in [1.54, 1.807) is 19.1 Å². The maximum atomic E-state index is 14.1. The van der Waals surface area contributed by atoms with Gasteiger partial charge in [0.05, 0.1) is 5.69 Å². The Morgan fingerprint density at radius 3 is 2.44 bits per heavy atom. The molecule has 9 nitrogen and oxygen atoms in total. The summed E-state index contributed by atoms with van der Waals surface area (Å²) in [7, 11) is 0. The molecular weight excluding hydrogens is 478 g/mol. The van der Waals surface area contributed by atoms with Crippen LogP contribution in [0.25, 0.3) is 0 Å². The molecule has 190 valence electrons. The summed E-state index contributed by atoms with van der Waals surface area (Å²) in [6, 6.07) is 8.05. The molecule has 10 heteroatoms. The molecule has 3 aromatic rings. The highest BCUT2D eigenvalue weighted by Gasteiger charge is 2.39. The second-order valence-electron chi connectivity index (χ2n) is 9.30. The van der Waals surface area contributed by atoms with E-state index in [0.717, 1.165) is 54.8 Å². The van der Waals surface area contributed by atoms with Crippen molar-refractivity contribution in [3.05, 3.63) is 63.6 Å². The quantitative estimate of drug-likeness (QED) is 0.436. The predicted octanol–water partition coefficient (Wildman–Crippen LogP) is 4.18. The number of primary amides is 1. The standard InChI is InChI=1S/C26H31N5O4S/c1-14-9-10-15(2)18(13-14)31(26(34)23-20(27)21(24(28)32)30-36-23)22(19-12-11-16(3)35-19)25(33)29-17-7-5-4-6-8-17/h9-13,17,22H,4-8,27H2,1-3H3,(H2,28,32)(H,29,33)/t22-/m0/s1. The lowest BCUT2D eigenvalue weighted by Gasteiger charge is -2.33. The number of anilines is 2. The molecule has 0 saturated heterocycles. The topological polar surface area (TPSA) is 145 Å². The molecule has 0 unspecified atom stereocenters. The van der Waals surface area contributed by atoms with Crippen molar-refractivity contribution < 1.29 is 18.8 Å². The zero-order valence-corrected chi connectivity index (χ0v) is 21.5. The number of aromatic nitrogens is 1. The lowest BCUT2D eigenvalue weighted by Crippen LogP contribution is -2.47. The zero-order chi connectivity index (χ0) is 26.0. The second-order valence-corrected chi connectivity index (χ2v) is 10.1. The first-order valence-electron chi connectivity index (χ1n) is 12.0. The van der Waals surface area contributed by atoms with Gasteiger partial charge in [-0.2, -0.15) is 4.37 Å². The van der Waals surface area contributed by atoms with Crippen LogP contribution in [-0.2, 0) is 4.79 Å². The summed E-state index contributed by atoms with van der Waals surface area (Å²) >= 11 is 0.781. The highest BCUT2D eigenvalue weighted by molar-refractivity contribution is 7.09. The molecule has 1 saturated carbocycles. The van der Waals surface area contributed by atoms with E-state index in [2.05, 4.69) is 9.69 Å². The number of furan rings is 1. The van der Waals surface area contributed by atoms with E-state index >= 15 is 0 Å². The van der Waals surface area contributed by atoms with E-state index in [-0.39, 0.29) is 28.2 Å². The van der Waals surface area contributed by atoms with E-state index in [1.807, 2.05) is 32.0 Å². The molecule has 4 rings (SSSR count). The summed E-state index contributed by atoms with van der Waals surface area (Å²) in [4.78, 5) is 41.2. The summed E-state index contributed by atoms with van der Waals surface area (Å²) in [6.45, 7) is 5.55. The molecule has 0 radical (unpaired) electrons. The summed E-state index contributed by atoms with van der Waals surface area (Å²) in [5.41, 5.74) is 13.5. The summed E-state index contributed by atoms with van der Waals surface area (Å²) in [6.07, 6.45) is 5.01. The van der Waals surface area contributed by atoms with Gasteiger partial charge in [0.25, 0.3) is 17.7 Å². The molecular formula is C26H31N5O4S. The number of hydrogen-bond donors (Lipinski definition) is 3. The molecule has 0 bridgehead atoms. The van der Waals surface area contributed by atoms with Gasteiger partial charge in [0.1, 0.15) is 16.4 Å². The molecule has 0 spiro atoms. The Morgan fingerprint density at radius 2 is 1.83 bits per heavy atom. The second kappa shape index (κ2) is 10.5. The van der Waals surface area contributed by atoms with Crippen LogP contribution in [-0.4, -0.2) is 28.1 Å². The maximum absolute atomic E-state index is 14.1. The number of aryl methyl sites for hydroxylation is 3. The van der Waals surface area contributed by atoms with Crippen LogP contribution in [0.5, 0.6) is 0 Å². The first-order valence-corrected chi connectivity index (χ1v) is 12.8. The number of rotatable bonds is 7. The molecule has 2 heterocycles. The average Bonchev–Trinajstić information content (AvgIpc) is 3.44. The number of nitrogen functional groups attached to an aromatic ring is 1. The first-order chi connectivity index (χ1) is 17.2. The van der Waals surface area contributed by atoms with Gasteiger partial charge >= 0.3 is 0 Å². The van der Waals surface area contributed by atoms with Gasteiger partial charge in [0.2, 0.25) is 0 Å². The highest BCUT2D eigenvalue weighted by atomic mass is 32.1. The van der Waals surface area contributed by atoms with Crippen molar-refractivity contribution >= 4 is 40.6 Å². The monoisotopic (exact) mass is 509 g/mol. The Balaban J connectivity index is 1.86. The van der Waals surface area contributed by atoms with E-state index < -0.39 is 17.9 Å². The number of nitrogens with zero attached hydrogens (tertiary/aromatic N) is 2. The molecule has 3 amide bonds. The van der Waals surface area contributed by atoms with Gasteiger partial charge in [0.15, 0.2) is 11.7 Å². The van der Waals surface area contributed by atoms with Gasteiger partial charge in [-0.3, -0.25) is 19.3 Å². The van der Waals surface area contributed by atoms with Crippen molar-refractivity contribution in [3.63, 3.8) is 0 Å². The average molecular weight is 510 g/mol. The Hall–Kier alpha value is -3.66. The Labute approximate surface area is 214 Å². The molecule has 2 aromatic heterocycles. The van der Waals surface area contributed by atoms with Crippen LogP contribution in [0.2, 0.25) is 0 Å². The van der Waals surface area contributed by atoms with Crippen LogP contribution < -0.4 is 21.7 Å². The van der Waals surface area contributed by atoms with Gasteiger partial charge in [-0.1, -0.05) is 31.4 Å². The number of amides is 3. The smallest absolute Gasteiger partial charge is 0.273 e. The Kier molecular flexibility index (Phi) is 7.44. The van der Waals surface area contributed by atoms with Crippen molar-refractivity contribution in [1.82, 2.24) is 9.69 Å². The van der Waals surface area contributed by atoms with Crippen LogP contribution in [0.1, 0.15) is 81.0 Å². The lowest BCUT2D eigenvalue weighted by molar-refractivity contribution is -0.123. The summed E-state index contributed by atoms with van der Waals surface area (Å²) in [5, 5.41) is 3.14. The third-order valence-corrected chi connectivity index (χ3v) is 7.34. The van der Waals surface area contributed by atoms with Gasteiger partial charge in [-0.25, -0.2) is 0 Å². The Morgan fingerprint density at radius 1 is 1.11 bits per heavy atom. The summed E-state index contributed by atoms with van der Waals surface area (Å²) < 4.78 is 9.91. The number of carbonyl (C=O) groups excluding carboxylic acids is 3. The Bertz CT molecular complexity index is 1290. The third-order valence-electron chi connectivity index (χ3n) is 6.49. The molecule has 0 aliphatic heterocycles. The molecule has 1 aliphatic rings. The summed E-state index contributed by atoms with van der Waals surface area (Å²) in [5.74, 6) is -0.794. The molecule has 1 aromatic carbocycles. The lowest BCUT2D eigenvalue weighted by atomic mass is 9.95. The van der Waals surface area contributed by atoms with Crippen LogP contribution in [0, 0.1) is 20.8 Å². The number of benzene rings is 1. The SMILES string of the molecule is Cc1ccc(C)c(N(C(=O)c2snc(C(N)=O)c2N)[C@H](C(=O)NC2CCCCC2)c2ccc(C)o2)c1. The fraction of sp³-hybridized carbons (Fsp3) is 0.385. The van der Waals surface area contributed by atoms with Gasteiger partial charge in [-0.15, -0.1) is 0 Å². The van der Waals surface area contributed by atoms with Crippen molar-refractivity contribution in [3.8, 4) is 0 Å². The van der Waals surface area contributed by atoms with Crippen LogP contribution >= 0.6 is 11.5 Å². The van der Waals surface area contributed by atoms with Gasteiger partial charge in [-0.05, 0) is 74.5 Å². The predicted molar refractivity (Wildman–Crippen MR) is 139 cm³/mol. The molecule has 1 fully saturated rings. The van der Waals surface area contributed by atoms with Crippen LogP contribution in [0.15, 0.2) is 34.7 Å². The molecule has 36 heavy (non-hydrogen) atoms. The molecule has 1 aliphatic carbocycles. The molecule has 1 atom stereocenters. The third kappa shape index (κ3) is 5.13. The number of nitrogens with two attached hydrogens (primary N) is 2. The minimum absolute atomic E-state index is 0.0234. The van der Waals surface area contributed by atoms with Gasteiger partial charge in [0, 0.05) is 11.7 Å². The highest BCUT2D eigenvalue weighted by Crippen LogP contribution is 2.36. The van der Waals surface area contributed by atoms with E-state index in [4.69, 9.17) is 15.9 Å². The number of hydrogen-bond acceptors (Lipinski definition) is 7. The van der Waals surface area contributed by atoms with E-state index in [1.165, 1.54) is 4.90 Å². The van der Waals surface area contributed by atoms with E-state index in [9.17, 15) is 14.4 Å².